The minimum atomic E-state index is -1.74. The summed E-state index contributed by atoms with van der Waals surface area (Å²) in [6.07, 6.45) is 5.45. The van der Waals surface area contributed by atoms with Gasteiger partial charge in [0.1, 0.15) is 0 Å². The first-order valence-corrected chi connectivity index (χ1v) is 12.1. The van der Waals surface area contributed by atoms with E-state index in [1.807, 2.05) is 0 Å². The van der Waals surface area contributed by atoms with E-state index in [1.54, 1.807) is 0 Å². The first-order chi connectivity index (χ1) is 9.77. The fourth-order valence-corrected chi connectivity index (χ4v) is 5.17. The van der Waals surface area contributed by atoms with Crippen LogP contribution < -0.4 is 0 Å². The van der Waals surface area contributed by atoms with E-state index in [2.05, 4.69) is 61.6 Å². The summed E-state index contributed by atoms with van der Waals surface area (Å²) < 4.78 is 6.67. The molecule has 2 nitrogen and oxygen atoms in total. The highest BCUT2D eigenvalue weighted by Gasteiger charge is 2.53. The van der Waals surface area contributed by atoms with E-state index in [0.717, 1.165) is 32.1 Å². The van der Waals surface area contributed by atoms with Gasteiger partial charge in [0, 0.05) is 6.10 Å². The van der Waals surface area contributed by atoms with Crippen molar-refractivity contribution in [2.75, 3.05) is 0 Å². The second kappa shape index (κ2) is 6.56. The van der Waals surface area contributed by atoms with Crippen LogP contribution in [0.1, 0.15) is 80.6 Å². The van der Waals surface area contributed by atoms with Gasteiger partial charge in [0.05, 0.1) is 5.60 Å². The second-order valence-corrected chi connectivity index (χ2v) is 14.5. The molecule has 0 radical (unpaired) electrons. The Balaban J connectivity index is 2.88. The normalized spacial score (nSPS) is 33.0. The first kappa shape index (κ1) is 20.2. The molecule has 22 heavy (non-hydrogen) atoms. The summed E-state index contributed by atoms with van der Waals surface area (Å²) >= 11 is 0. The van der Waals surface area contributed by atoms with Crippen molar-refractivity contribution >= 4 is 8.32 Å². The van der Waals surface area contributed by atoms with Gasteiger partial charge in [-0.3, -0.25) is 0 Å². The molecule has 132 valence electrons. The van der Waals surface area contributed by atoms with Crippen LogP contribution in [-0.4, -0.2) is 25.1 Å². The van der Waals surface area contributed by atoms with Crippen molar-refractivity contribution < 1.29 is 9.53 Å². The summed E-state index contributed by atoms with van der Waals surface area (Å²) in [4.78, 5) is 0. The Bertz CT molecular complexity index is 370. The highest BCUT2D eigenvalue weighted by Crippen LogP contribution is 2.51. The number of hydrogen-bond acceptors (Lipinski definition) is 2. The highest BCUT2D eigenvalue weighted by atomic mass is 28.4. The molecular weight excluding hydrogens is 288 g/mol. The molecule has 0 aromatic carbocycles. The predicted molar refractivity (Wildman–Crippen MR) is 98.7 cm³/mol. The molecule has 0 bridgehead atoms. The van der Waals surface area contributed by atoms with Crippen molar-refractivity contribution in [2.24, 2.45) is 11.3 Å². The summed E-state index contributed by atoms with van der Waals surface area (Å²) in [5, 5.41) is 11.6. The van der Waals surface area contributed by atoms with Crippen LogP contribution in [0.2, 0.25) is 18.1 Å². The third-order valence-corrected chi connectivity index (χ3v) is 11.1. The summed E-state index contributed by atoms with van der Waals surface area (Å²) in [5.41, 5.74) is -0.622. The molecule has 3 atom stereocenters. The van der Waals surface area contributed by atoms with Crippen molar-refractivity contribution in [1.82, 2.24) is 0 Å². The molecule has 0 spiro atoms. The van der Waals surface area contributed by atoms with Gasteiger partial charge in [-0.2, -0.15) is 0 Å². The van der Waals surface area contributed by atoms with E-state index in [0.29, 0.717) is 12.0 Å². The molecule has 1 N–H and O–H groups in total. The number of unbranched alkanes of at least 4 members (excludes halogenated alkanes) is 1. The van der Waals surface area contributed by atoms with Crippen LogP contribution in [0.4, 0.5) is 0 Å². The fourth-order valence-electron chi connectivity index (χ4n) is 3.80. The Kier molecular flexibility index (Phi) is 6.02. The van der Waals surface area contributed by atoms with Gasteiger partial charge in [-0.1, -0.05) is 61.3 Å². The lowest BCUT2D eigenvalue weighted by Gasteiger charge is -2.54. The van der Waals surface area contributed by atoms with Crippen LogP contribution in [0.15, 0.2) is 0 Å². The van der Waals surface area contributed by atoms with Gasteiger partial charge < -0.3 is 9.53 Å². The summed E-state index contributed by atoms with van der Waals surface area (Å²) in [6.45, 7) is 20.5. The SMILES string of the molecule is CCCC[C@]1(O)[C@@H](C)C[C@@H](O[Si](C)(C)C(C)(C)C)CC1(C)C. The molecule has 0 aliphatic heterocycles. The third-order valence-electron chi connectivity index (χ3n) is 6.52. The molecule has 1 saturated carbocycles. The largest absolute Gasteiger partial charge is 0.414 e. The van der Waals surface area contributed by atoms with E-state index in [-0.39, 0.29) is 10.5 Å². The zero-order chi connectivity index (χ0) is 17.4. The average molecular weight is 329 g/mol. The van der Waals surface area contributed by atoms with Crippen LogP contribution >= 0.6 is 0 Å². The van der Waals surface area contributed by atoms with Gasteiger partial charge in [0.15, 0.2) is 8.32 Å². The highest BCUT2D eigenvalue weighted by molar-refractivity contribution is 6.74. The minimum absolute atomic E-state index is 0.0765. The first-order valence-electron chi connectivity index (χ1n) is 9.17. The molecule has 1 rings (SSSR count). The molecule has 1 fully saturated rings. The van der Waals surface area contributed by atoms with Gasteiger partial charge in [-0.15, -0.1) is 0 Å². The Morgan fingerprint density at radius 1 is 1.23 bits per heavy atom. The molecule has 0 unspecified atom stereocenters. The quantitative estimate of drug-likeness (QED) is 0.651. The van der Waals surface area contributed by atoms with Gasteiger partial charge in [0.2, 0.25) is 0 Å². The van der Waals surface area contributed by atoms with Crippen LogP contribution in [0.3, 0.4) is 0 Å². The lowest BCUT2D eigenvalue weighted by Crippen LogP contribution is -2.57. The zero-order valence-electron chi connectivity index (χ0n) is 16.5. The smallest absolute Gasteiger partial charge is 0.192 e. The van der Waals surface area contributed by atoms with Crippen LogP contribution in [-0.2, 0) is 4.43 Å². The van der Waals surface area contributed by atoms with Crippen molar-refractivity contribution in [2.45, 2.75) is 110 Å². The maximum absolute atomic E-state index is 11.3. The van der Waals surface area contributed by atoms with Gasteiger partial charge >= 0.3 is 0 Å². The maximum Gasteiger partial charge on any atom is 0.192 e. The van der Waals surface area contributed by atoms with Gasteiger partial charge in [-0.25, -0.2) is 0 Å². The maximum atomic E-state index is 11.3. The van der Waals surface area contributed by atoms with E-state index in [9.17, 15) is 5.11 Å². The Morgan fingerprint density at radius 3 is 2.18 bits per heavy atom. The molecular formula is C19H40O2Si. The topological polar surface area (TPSA) is 29.5 Å². The van der Waals surface area contributed by atoms with Crippen LogP contribution in [0, 0.1) is 11.3 Å². The summed E-state index contributed by atoms with van der Waals surface area (Å²) in [6, 6.07) is 0. The zero-order valence-corrected chi connectivity index (χ0v) is 17.5. The van der Waals surface area contributed by atoms with Crippen molar-refractivity contribution in [3.63, 3.8) is 0 Å². The van der Waals surface area contributed by atoms with Crippen molar-refractivity contribution in [3.8, 4) is 0 Å². The number of aliphatic hydroxyl groups is 1. The van der Waals surface area contributed by atoms with Crippen molar-refractivity contribution in [3.05, 3.63) is 0 Å². The van der Waals surface area contributed by atoms with E-state index >= 15 is 0 Å². The Hall–Kier alpha value is 0.137. The van der Waals surface area contributed by atoms with Crippen molar-refractivity contribution in [1.29, 1.82) is 0 Å². The monoisotopic (exact) mass is 328 g/mol. The fraction of sp³-hybridized carbons (Fsp3) is 1.00. The average Bonchev–Trinajstić information content (AvgIpc) is 2.31. The minimum Gasteiger partial charge on any atom is -0.414 e. The Morgan fingerprint density at radius 2 is 1.77 bits per heavy atom. The van der Waals surface area contributed by atoms with E-state index in [1.165, 1.54) is 0 Å². The van der Waals surface area contributed by atoms with Crippen LogP contribution in [0.25, 0.3) is 0 Å². The second-order valence-electron chi connectivity index (χ2n) is 9.75. The van der Waals surface area contributed by atoms with E-state index < -0.39 is 13.9 Å². The molecule has 0 amide bonds. The molecule has 1 aliphatic rings. The van der Waals surface area contributed by atoms with Gasteiger partial charge in [0.25, 0.3) is 0 Å². The third kappa shape index (κ3) is 3.96. The molecule has 0 aromatic heterocycles. The lowest BCUT2D eigenvalue weighted by molar-refractivity contribution is -0.162. The summed E-state index contributed by atoms with van der Waals surface area (Å²) in [5.74, 6) is 0.303. The molecule has 0 saturated heterocycles. The molecule has 1 aliphatic carbocycles. The Labute approximate surface area is 140 Å². The lowest BCUT2D eigenvalue weighted by atomic mass is 9.58. The van der Waals surface area contributed by atoms with E-state index in [4.69, 9.17) is 4.43 Å². The molecule has 0 aromatic rings. The van der Waals surface area contributed by atoms with Gasteiger partial charge in [-0.05, 0) is 48.7 Å². The summed E-state index contributed by atoms with van der Waals surface area (Å²) in [7, 11) is -1.74. The molecule has 0 heterocycles. The number of rotatable bonds is 5. The standard InChI is InChI=1S/C19H40O2Si/c1-10-11-12-19(20)15(2)13-16(14-18(19,6)7)21-22(8,9)17(3,4)5/h15-16,20H,10-14H2,1-9H3/t15-,16+,19-/m0/s1. The predicted octanol–water partition coefficient (Wildman–Crippen LogP) is 5.75. The molecule has 3 heteroatoms. The number of hydrogen-bond donors (Lipinski definition) is 1. The van der Waals surface area contributed by atoms with Crippen LogP contribution in [0.5, 0.6) is 0 Å².